The van der Waals surface area contributed by atoms with Gasteiger partial charge in [-0.15, -0.1) is 0 Å². The minimum absolute atomic E-state index is 0.187. The van der Waals surface area contributed by atoms with Gasteiger partial charge in [-0.05, 0) is 18.2 Å². The quantitative estimate of drug-likeness (QED) is 0.667. The maximum Gasteiger partial charge on any atom is 0.213 e. The molecule has 0 amide bonds. The molecule has 1 aromatic carbocycles. The largest absolute Gasteiger partial charge is 0.287 e. The molecular weight excluding hydrogens is 295 g/mol. The highest BCUT2D eigenvalue weighted by molar-refractivity contribution is 6.37. The lowest BCUT2D eigenvalue weighted by Crippen LogP contribution is -2.05. The van der Waals surface area contributed by atoms with E-state index in [-0.39, 0.29) is 16.5 Å². The lowest BCUT2D eigenvalue weighted by molar-refractivity contribution is 0.103. The van der Waals surface area contributed by atoms with Crippen molar-refractivity contribution in [3.05, 3.63) is 70.1 Å². The monoisotopic (exact) mass is 302 g/mol. The molecule has 0 unspecified atom stereocenters. The highest BCUT2D eigenvalue weighted by Crippen LogP contribution is 2.24. The molecule has 0 spiro atoms. The Hall–Kier alpha value is -1.97. The summed E-state index contributed by atoms with van der Waals surface area (Å²) >= 11 is 11.8. The summed E-state index contributed by atoms with van der Waals surface area (Å²) in [7, 11) is 0. The van der Waals surface area contributed by atoms with Crippen LogP contribution in [0.15, 0.2) is 48.8 Å². The van der Waals surface area contributed by atoms with Crippen molar-refractivity contribution in [2.24, 2.45) is 0 Å². The van der Waals surface area contributed by atoms with Crippen LogP contribution in [0.3, 0.4) is 0 Å². The molecule has 0 bridgehead atoms. The fourth-order valence-electron chi connectivity index (χ4n) is 2.01. The van der Waals surface area contributed by atoms with Crippen molar-refractivity contribution in [1.82, 2.24) is 9.97 Å². The molecule has 0 saturated carbocycles. The third-order valence-corrected chi connectivity index (χ3v) is 3.41. The summed E-state index contributed by atoms with van der Waals surface area (Å²) in [5.41, 5.74) is 1.46. The van der Waals surface area contributed by atoms with E-state index >= 15 is 0 Å². The highest BCUT2D eigenvalue weighted by atomic mass is 35.5. The van der Waals surface area contributed by atoms with Gasteiger partial charge in [0.15, 0.2) is 0 Å². The van der Waals surface area contributed by atoms with Crippen molar-refractivity contribution in [2.45, 2.75) is 0 Å². The Kier molecular flexibility index (Phi) is 3.38. The van der Waals surface area contributed by atoms with Crippen molar-refractivity contribution < 1.29 is 4.79 Å². The maximum atomic E-state index is 12.6. The average molecular weight is 303 g/mol. The third-order valence-electron chi connectivity index (χ3n) is 2.91. The molecule has 20 heavy (non-hydrogen) atoms. The zero-order valence-corrected chi connectivity index (χ0v) is 11.7. The van der Waals surface area contributed by atoms with Gasteiger partial charge in [0, 0.05) is 23.3 Å². The number of carbonyl (C=O) groups excluding carboxylic acids is 1. The number of hydrogen-bond donors (Lipinski definition) is 0. The molecule has 0 N–H and O–H groups in total. The Morgan fingerprint density at radius 1 is 1.05 bits per heavy atom. The maximum absolute atomic E-state index is 12.6. The van der Waals surface area contributed by atoms with Crippen LogP contribution in [0.5, 0.6) is 0 Å². The molecule has 0 atom stereocenters. The highest BCUT2D eigenvalue weighted by Gasteiger charge is 2.17. The van der Waals surface area contributed by atoms with Crippen molar-refractivity contribution >= 4 is 39.9 Å². The summed E-state index contributed by atoms with van der Waals surface area (Å²) in [5, 5.41) is 1.40. The SMILES string of the molecule is O=C(c1ncc(Cl)cc1Cl)c1cccc2ncccc12. The van der Waals surface area contributed by atoms with Gasteiger partial charge >= 0.3 is 0 Å². The van der Waals surface area contributed by atoms with E-state index in [2.05, 4.69) is 9.97 Å². The van der Waals surface area contributed by atoms with Crippen LogP contribution in [0.4, 0.5) is 0 Å². The number of ketones is 1. The second-order valence-corrected chi connectivity index (χ2v) is 5.03. The summed E-state index contributed by atoms with van der Waals surface area (Å²) in [6.45, 7) is 0. The molecule has 0 aliphatic rings. The molecule has 98 valence electrons. The van der Waals surface area contributed by atoms with E-state index in [0.29, 0.717) is 10.6 Å². The Balaban J connectivity index is 2.18. The number of benzene rings is 1. The van der Waals surface area contributed by atoms with Gasteiger partial charge in [0.1, 0.15) is 5.69 Å². The molecule has 0 aliphatic carbocycles. The second kappa shape index (κ2) is 5.19. The van der Waals surface area contributed by atoms with Gasteiger partial charge in [0.25, 0.3) is 0 Å². The summed E-state index contributed by atoms with van der Waals surface area (Å²) < 4.78 is 0. The number of hydrogen-bond acceptors (Lipinski definition) is 3. The van der Waals surface area contributed by atoms with Gasteiger partial charge in [-0.3, -0.25) is 9.78 Å². The van der Waals surface area contributed by atoms with Crippen molar-refractivity contribution in [3.8, 4) is 0 Å². The number of carbonyl (C=O) groups is 1. The zero-order valence-electron chi connectivity index (χ0n) is 10.2. The standard InChI is InChI=1S/C15H8Cl2N2O/c16-9-7-12(17)14(19-8-9)15(20)11-3-1-5-13-10(11)4-2-6-18-13/h1-8H. The molecule has 0 aliphatic heterocycles. The number of fused-ring (bicyclic) bond motifs is 1. The first-order valence-electron chi connectivity index (χ1n) is 5.86. The lowest BCUT2D eigenvalue weighted by Gasteiger charge is -2.06. The van der Waals surface area contributed by atoms with Crippen LogP contribution in [0, 0.1) is 0 Å². The van der Waals surface area contributed by atoms with Gasteiger partial charge < -0.3 is 0 Å². The Labute approximate surface area is 125 Å². The molecule has 2 heterocycles. The van der Waals surface area contributed by atoms with E-state index in [1.54, 1.807) is 24.4 Å². The number of rotatable bonds is 2. The van der Waals surface area contributed by atoms with Crippen LogP contribution in [0.2, 0.25) is 10.0 Å². The van der Waals surface area contributed by atoms with E-state index in [4.69, 9.17) is 23.2 Å². The molecule has 3 aromatic rings. The van der Waals surface area contributed by atoms with Crippen molar-refractivity contribution in [1.29, 1.82) is 0 Å². The second-order valence-electron chi connectivity index (χ2n) is 4.19. The van der Waals surface area contributed by atoms with Gasteiger partial charge in [-0.1, -0.05) is 41.4 Å². The number of halogens is 2. The first-order chi connectivity index (χ1) is 9.66. The van der Waals surface area contributed by atoms with Crippen LogP contribution in [0.1, 0.15) is 16.1 Å². The predicted molar refractivity (Wildman–Crippen MR) is 79.4 cm³/mol. The molecule has 0 fully saturated rings. The third kappa shape index (κ3) is 2.26. The molecule has 0 radical (unpaired) electrons. The first kappa shape index (κ1) is 13.0. The number of aromatic nitrogens is 2. The van der Waals surface area contributed by atoms with E-state index in [1.165, 1.54) is 12.3 Å². The molecule has 3 rings (SSSR count). The Bertz CT molecular complexity index is 813. The normalized spacial score (nSPS) is 10.7. The van der Waals surface area contributed by atoms with Crippen LogP contribution in [-0.2, 0) is 0 Å². The lowest BCUT2D eigenvalue weighted by atomic mass is 10.0. The topological polar surface area (TPSA) is 42.9 Å². The van der Waals surface area contributed by atoms with Crippen LogP contribution in [-0.4, -0.2) is 15.8 Å². The molecule has 5 heteroatoms. The molecular formula is C15H8Cl2N2O. The van der Waals surface area contributed by atoms with Crippen molar-refractivity contribution in [3.63, 3.8) is 0 Å². The first-order valence-corrected chi connectivity index (χ1v) is 6.62. The summed E-state index contributed by atoms with van der Waals surface area (Å²) in [5.74, 6) is -0.245. The molecule has 2 aromatic heterocycles. The number of pyridine rings is 2. The van der Waals surface area contributed by atoms with Gasteiger partial charge in [-0.2, -0.15) is 0 Å². The number of nitrogens with zero attached hydrogens (tertiary/aromatic N) is 2. The predicted octanol–water partition coefficient (Wildman–Crippen LogP) is 4.17. The van der Waals surface area contributed by atoms with Crippen LogP contribution in [0.25, 0.3) is 10.9 Å². The average Bonchev–Trinajstić information content (AvgIpc) is 2.46. The van der Waals surface area contributed by atoms with Gasteiger partial charge in [-0.25, -0.2) is 4.98 Å². The summed E-state index contributed by atoms with van der Waals surface area (Å²) in [6.07, 6.45) is 3.09. The molecule has 0 saturated heterocycles. The smallest absolute Gasteiger partial charge is 0.213 e. The van der Waals surface area contributed by atoms with Gasteiger partial charge in [0.2, 0.25) is 5.78 Å². The fourth-order valence-corrected chi connectivity index (χ4v) is 2.48. The summed E-state index contributed by atoms with van der Waals surface area (Å²) in [6, 6.07) is 10.5. The minimum atomic E-state index is -0.245. The zero-order chi connectivity index (χ0) is 14.1. The van der Waals surface area contributed by atoms with Crippen LogP contribution >= 0.6 is 23.2 Å². The summed E-state index contributed by atoms with van der Waals surface area (Å²) in [4.78, 5) is 20.8. The Morgan fingerprint density at radius 3 is 2.70 bits per heavy atom. The fraction of sp³-hybridized carbons (Fsp3) is 0. The van der Waals surface area contributed by atoms with E-state index < -0.39 is 0 Å². The van der Waals surface area contributed by atoms with E-state index in [1.807, 2.05) is 12.1 Å². The van der Waals surface area contributed by atoms with Crippen LogP contribution < -0.4 is 0 Å². The van der Waals surface area contributed by atoms with E-state index in [0.717, 1.165) is 10.9 Å². The molecule has 3 nitrogen and oxygen atoms in total. The Morgan fingerprint density at radius 2 is 1.90 bits per heavy atom. The van der Waals surface area contributed by atoms with Gasteiger partial charge in [0.05, 0.1) is 15.6 Å². The minimum Gasteiger partial charge on any atom is -0.287 e. The van der Waals surface area contributed by atoms with Crippen molar-refractivity contribution in [2.75, 3.05) is 0 Å². The van der Waals surface area contributed by atoms with E-state index in [9.17, 15) is 4.79 Å².